The van der Waals surface area contributed by atoms with E-state index in [1.807, 2.05) is 12.1 Å². The molecule has 8 nitrogen and oxygen atoms in total. The molecule has 3 aromatic heterocycles. The van der Waals surface area contributed by atoms with Gasteiger partial charge in [-0.25, -0.2) is 9.67 Å². The first-order chi connectivity index (χ1) is 13.6. The fourth-order valence-corrected chi connectivity index (χ4v) is 3.44. The SMILES string of the molecule is Cc1nc(C(=O)N2CCC(Cn3nc(-c4ccncc4)ccc3=O)CC2)co1. The van der Waals surface area contributed by atoms with Gasteiger partial charge in [-0.05, 0) is 37.0 Å². The van der Waals surface area contributed by atoms with Crippen molar-refractivity contribution < 1.29 is 9.21 Å². The zero-order chi connectivity index (χ0) is 19.5. The molecule has 0 spiro atoms. The Hall–Kier alpha value is -3.29. The van der Waals surface area contributed by atoms with Gasteiger partial charge < -0.3 is 9.32 Å². The molecule has 4 heterocycles. The van der Waals surface area contributed by atoms with Crippen molar-refractivity contribution in [3.63, 3.8) is 0 Å². The highest BCUT2D eigenvalue weighted by Crippen LogP contribution is 2.21. The van der Waals surface area contributed by atoms with Crippen molar-refractivity contribution >= 4 is 5.91 Å². The fraction of sp³-hybridized carbons (Fsp3) is 0.350. The highest BCUT2D eigenvalue weighted by molar-refractivity contribution is 5.92. The lowest BCUT2D eigenvalue weighted by Crippen LogP contribution is -2.40. The molecule has 1 fully saturated rings. The molecule has 0 aromatic carbocycles. The van der Waals surface area contributed by atoms with Gasteiger partial charge in [0.25, 0.3) is 11.5 Å². The number of carbonyl (C=O) groups is 1. The molecule has 1 saturated heterocycles. The molecule has 3 aromatic rings. The number of hydrogen-bond acceptors (Lipinski definition) is 6. The topological polar surface area (TPSA) is 94.1 Å². The number of oxazole rings is 1. The molecule has 0 radical (unpaired) electrons. The van der Waals surface area contributed by atoms with Gasteiger partial charge in [0, 0.05) is 50.6 Å². The van der Waals surface area contributed by atoms with E-state index in [2.05, 4.69) is 15.1 Å². The Bertz CT molecular complexity index is 1020. The number of piperidine rings is 1. The lowest BCUT2D eigenvalue weighted by Gasteiger charge is -2.31. The van der Waals surface area contributed by atoms with Crippen LogP contribution in [-0.2, 0) is 6.54 Å². The molecule has 4 rings (SSSR count). The van der Waals surface area contributed by atoms with Crippen molar-refractivity contribution in [2.45, 2.75) is 26.3 Å². The summed E-state index contributed by atoms with van der Waals surface area (Å²) in [6.45, 7) is 3.53. The van der Waals surface area contributed by atoms with Crippen LogP contribution in [-0.4, -0.2) is 43.6 Å². The molecule has 0 bridgehead atoms. The van der Waals surface area contributed by atoms with E-state index in [0.717, 1.165) is 24.1 Å². The van der Waals surface area contributed by atoms with Crippen LogP contribution in [0.3, 0.4) is 0 Å². The average Bonchev–Trinajstić information content (AvgIpc) is 3.17. The van der Waals surface area contributed by atoms with E-state index in [0.29, 0.717) is 37.1 Å². The van der Waals surface area contributed by atoms with Crippen LogP contribution >= 0.6 is 0 Å². The van der Waals surface area contributed by atoms with Crippen LogP contribution < -0.4 is 5.56 Å². The summed E-state index contributed by atoms with van der Waals surface area (Å²) in [5.41, 5.74) is 1.90. The number of nitrogens with zero attached hydrogens (tertiary/aromatic N) is 5. The van der Waals surface area contributed by atoms with Crippen molar-refractivity contribution in [1.82, 2.24) is 24.6 Å². The molecule has 1 aliphatic rings. The first-order valence-electron chi connectivity index (χ1n) is 9.30. The third-order valence-electron chi connectivity index (χ3n) is 5.01. The molecule has 0 atom stereocenters. The molecule has 1 amide bonds. The van der Waals surface area contributed by atoms with E-state index in [-0.39, 0.29) is 11.5 Å². The second-order valence-corrected chi connectivity index (χ2v) is 6.96. The van der Waals surface area contributed by atoms with E-state index < -0.39 is 0 Å². The molecule has 0 aliphatic carbocycles. The maximum atomic E-state index is 12.5. The van der Waals surface area contributed by atoms with Crippen molar-refractivity contribution in [3.05, 3.63) is 64.9 Å². The van der Waals surface area contributed by atoms with Gasteiger partial charge in [-0.3, -0.25) is 14.6 Å². The van der Waals surface area contributed by atoms with Gasteiger partial charge in [-0.2, -0.15) is 5.10 Å². The van der Waals surface area contributed by atoms with E-state index in [1.165, 1.54) is 10.9 Å². The largest absolute Gasteiger partial charge is 0.448 e. The summed E-state index contributed by atoms with van der Waals surface area (Å²) in [5, 5.41) is 4.51. The maximum Gasteiger partial charge on any atom is 0.275 e. The number of aryl methyl sites for hydroxylation is 1. The Morgan fingerprint density at radius 1 is 1.18 bits per heavy atom. The first kappa shape index (κ1) is 18.1. The Balaban J connectivity index is 1.41. The van der Waals surface area contributed by atoms with Gasteiger partial charge >= 0.3 is 0 Å². The lowest BCUT2D eigenvalue weighted by atomic mass is 9.96. The third-order valence-corrected chi connectivity index (χ3v) is 5.01. The lowest BCUT2D eigenvalue weighted by molar-refractivity contribution is 0.0674. The van der Waals surface area contributed by atoms with Crippen molar-refractivity contribution in [2.24, 2.45) is 5.92 Å². The summed E-state index contributed by atoms with van der Waals surface area (Å²) >= 11 is 0. The van der Waals surface area contributed by atoms with Crippen LogP contribution in [0.25, 0.3) is 11.3 Å². The van der Waals surface area contributed by atoms with Crippen LogP contribution in [0.4, 0.5) is 0 Å². The molecule has 28 heavy (non-hydrogen) atoms. The molecule has 1 aliphatic heterocycles. The number of hydrogen-bond donors (Lipinski definition) is 0. The summed E-state index contributed by atoms with van der Waals surface area (Å²) in [7, 11) is 0. The van der Waals surface area contributed by atoms with Crippen LogP contribution in [0.2, 0.25) is 0 Å². The van der Waals surface area contributed by atoms with Gasteiger partial charge in [-0.15, -0.1) is 0 Å². The Labute approximate surface area is 161 Å². The summed E-state index contributed by atoms with van der Waals surface area (Å²) in [6.07, 6.45) is 6.44. The molecular formula is C20H21N5O3. The Morgan fingerprint density at radius 2 is 1.93 bits per heavy atom. The summed E-state index contributed by atoms with van der Waals surface area (Å²) in [6, 6.07) is 7.02. The highest BCUT2D eigenvalue weighted by atomic mass is 16.3. The quantitative estimate of drug-likeness (QED) is 0.689. The summed E-state index contributed by atoms with van der Waals surface area (Å²) in [5.74, 6) is 0.670. The predicted molar refractivity (Wildman–Crippen MR) is 102 cm³/mol. The van der Waals surface area contributed by atoms with Gasteiger partial charge in [0.1, 0.15) is 6.26 Å². The number of carbonyl (C=O) groups excluding carboxylic acids is 1. The fourth-order valence-electron chi connectivity index (χ4n) is 3.44. The third kappa shape index (κ3) is 3.85. The molecule has 0 saturated carbocycles. The number of pyridine rings is 1. The Morgan fingerprint density at radius 3 is 2.61 bits per heavy atom. The predicted octanol–water partition coefficient (Wildman–Crippen LogP) is 2.15. The maximum absolute atomic E-state index is 12.5. The standard InChI is InChI=1S/C20H21N5O3/c1-14-22-18(13-28-14)20(27)24-10-6-15(7-11-24)12-25-19(26)3-2-17(23-25)16-4-8-21-9-5-16/h2-5,8-9,13,15H,6-7,10-12H2,1H3. The number of amides is 1. The van der Waals surface area contributed by atoms with Crippen molar-refractivity contribution in [3.8, 4) is 11.3 Å². The Kier molecular flexibility index (Phi) is 5.01. The average molecular weight is 379 g/mol. The molecule has 0 unspecified atom stereocenters. The van der Waals surface area contributed by atoms with Crippen LogP contribution in [0.5, 0.6) is 0 Å². The van der Waals surface area contributed by atoms with Gasteiger partial charge in [-0.1, -0.05) is 0 Å². The van der Waals surface area contributed by atoms with Gasteiger partial charge in [0.15, 0.2) is 11.6 Å². The number of likely N-dealkylation sites (tertiary alicyclic amines) is 1. The monoisotopic (exact) mass is 379 g/mol. The second-order valence-electron chi connectivity index (χ2n) is 6.96. The molecule has 144 valence electrons. The zero-order valence-corrected chi connectivity index (χ0v) is 15.6. The van der Waals surface area contributed by atoms with E-state index >= 15 is 0 Å². The van der Waals surface area contributed by atoms with Crippen LogP contribution in [0.15, 0.2) is 52.1 Å². The van der Waals surface area contributed by atoms with Crippen molar-refractivity contribution in [2.75, 3.05) is 13.1 Å². The first-order valence-corrected chi connectivity index (χ1v) is 9.30. The molecular weight excluding hydrogens is 358 g/mol. The highest BCUT2D eigenvalue weighted by Gasteiger charge is 2.26. The number of rotatable bonds is 4. The number of aromatic nitrogens is 4. The van der Waals surface area contributed by atoms with Crippen LogP contribution in [0.1, 0.15) is 29.2 Å². The summed E-state index contributed by atoms with van der Waals surface area (Å²) in [4.78, 5) is 34.6. The van der Waals surface area contributed by atoms with E-state index in [4.69, 9.17) is 4.42 Å². The van der Waals surface area contributed by atoms with Crippen molar-refractivity contribution in [1.29, 1.82) is 0 Å². The van der Waals surface area contributed by atoms with Crippen LogP contribution in [0, 0.1) is 12.8 Å². The smallest absolute Gasteiger partial charge is 0.275 e. The second kappa shape index (κ2) is 7.75. The van der Waals surface area contributed by atoms with Gasteiger partial charge in [0.2, 0.25) is 0 Å². The molecule has 0 N–H and O–H groups in total. The zero-order valence-electron chi connectivity index (χ0n) is 15.6. The molecule has 8 heteroatoms. The normalized spacial score (nSPS) is 15.0. The minimum atomic E-state index is -0.116. The summed E-state index contributed by atoms with van der Waals surface area (Å²) < 4.78 is 6.66. The minimum absolute atomic E-state index is 0.106. The van der Waals surface area contributed by atoms with Gasteiger partial charge in [0.05, 0.1) is 5.69 Å². The minimum Gasteiger partial charge on any atom is -0.448 e. The van der Waals surface area contributed by atoms with E-state index in [1.54, 1.807) is 36.4 Å². The van der Waals surface area contributed by atoms with E-state index in [9.17, 15) is 9.59 Å².